The first-order valence-electron chi connectivity index (χ1n) is 10.1. The minimum Gasteiger partial charge on any atom is -0.507 e. The number of carbonyl (C=O) groups excluding carboxylic acids is 2. The zero-order valence-corrected chi connectivity index (χ0v) is 17.5. The quantitative estimate of drug-likeness (QED) is 0.603. The SMILES string of the molecule is Cl.O=C1c2cccc(O)c2C(=O)N1CCN1CCC(c2[nH]nc3cc(F)ccc23)CC1. The molecule has 0 unspecified atom stereocenters. The van der Waals surface area contributed by atoms with Crippen LogP contribution in [0.25, 0.3) is 10.9 Å². The number of aromatic hydroxyl groups is 1. The molecule has 0 radical (unpaired) electrons. The van der Waals surface area contributed by atoms with Gasteiger partial charge in [0.1, 0.15) is 11.6 Å². The second-order valence-electron chi connectivity index (χ2n) is 7.88. The molecule has 9 heteroatoms. The van der Waals surface area contributed by atoms with Crippen molar-refractivity contribution in [3.8, 4) is 5.75 Å². The number of nitrogens with one attached hydrogen (secondary N) is 1. The van der Waals surface area contributed by atoms with Crippen LogP contribution in [0, 0.1) is 5.82 Å². The largest absolute Gasteiger partial charge is 0.507 e. The van der Waals surface area contributed by atoms with Crippen molar-refractivity contribution in [2.24, 2.45) is 0 Å². The molecule has 2 aliphatic rings. The van der Waals surface area contributed by atoms with Gasteiger partial charge in [0.25, 0.3) is 11.8 Å². The maximum Gasteiger partial charge on any atom is 0.265 e. The Morgan fingerprint density at radius 3 is 2.61 bits per heavy atom. The zero-order chi connectivity index (χ0) is 20.8. The normalized spacial score (nSPS) is 17.3. The molecule has 1 saturated heterocycles. The highest BCUT2D eigenvalue weighted by Gasteiger charge is 2.37. The van der Waals surface area contributed by atoms with Crippen molar-refractivity contribution in [2.45, 2.75) is 18.8 Å². The van der Waals surface area contributed by atoms with Gasteiger partial charge in [-0.3, -0.25) is 19.6 Å². The number of hydrogen-bond acceptors (Lipinski definition) is 5. The summed E-state index contributed by atoms with van der Waals surface area (Å²) in [5, 5.41) is 18.2. The Kier molecular flexibility index (Phi) is 5.68. The molecule has 7 nitrogen and oxygen atoms in total. The summed E-state index contributed by atoms with van der Waals surface area (Å²) in [6.45, 7) is 2.55. The van der Waals surface area contributed by atoms with Gasteiger partial charge in [-0.15, -0.1) is 12.4 Å². The van der Waals surface area contributed by atoms with E-state index in [1.807, 2.05) is 0 Å². The van der Waals surface area contributed by atoms with Crippen LogP contribution in [0.1, 0.15) is 45.2 Å². The number of H-pyrrole nitrogens is 1. The number of halogens is 2. The predicted molar refractivity (Wildman–Crippen MR) is 115 cm³/mol. The minimum atomic E-state index is -0.431. The highest BCUT2D eigenvalue weighted by molar-refractivity contribution is 6.22. The monoisotopic (exact) mass is 444 g/mol. The van der Waals surface area contributed by atoms with Crippen LogP contribution in [0.15, 0.2) is 36.4 Å². The van der Waals surface area contributed by atoms with E-state index >= 15 is 0 Å². The molecule has 5 rings (SSSR count). The number of aromatic nitrogens is 2. The number of amides is 2. The van der Waals surface area contributed by atoms with Crippen LogP contribution in [0.4, 0.5) is 4.39 Å². The molecule has 2 aromatic carbocycles. The summed E-state index contributed by atoms with van der Waals surface area (Å²) < 4.78 is 13.4. The smallest absolute Gasteiger partial charge is 0.265 e. The van der Waals surface area contributed by atoms with Crippen molar-refractivity contribution in [2.75, 3.05) is 26.2 Å². The minimum absolute atomic E-state index is 0. The van der Waals surface area contributed by atoms with Crippen molar-refractivity contribution < 1.29 is 19.1 Å². The number of nitrogens with zero attached hydrogens (tertiary/aromatic N) is 3. The highest BCUT2D eigenvalue weighted by Crippen LogP contribution is 2.32. The van der Waals surface area contributed by atoms with Gasteiger partial charge in [-0.05, 0) is 50.2 Å². The summed E-state index contributed by atoms with van der Waals surface area (Å²) in [5.41, 5.74) is 2.05. The fraction of sp³-hybridized carbons (Fsp3) is 0.318. The molecule has 0 atom stereocenters. The van der Waals surface area contributed by atoms with Gasteiger partial charge in [0.05, 0.1) is 16.6 Å². The summed E-state index contributed by atoms with van der Waals surface area (Å²) in [5.74, 6) is -0.915. The molecule has 2 N–H and O–H groups in total. The Hall–Kier alpha value is -2.97. The standard InChI is InChI=1S/C22H21FN4O3.ClH/c23-14-4-5-15-17(12-14)24-25-20(15)13-6-8-26(9-7-13)10-11-27-21(29)16-2-1-3-18(28)19(16)22(27)30;/h1-5,12-13,28H,6-11H2,(H,24,25);1H. The van der Waals surface area contributed by atoms with E-state index in [0.29, 0.717) is 24.5 Å². The molecule has 162 valence electrons. The maximum absolute atomic E-state index is 13.4. The number of imide groups is 1. The number of fused-ring (bicyclic) bond motifs is 2. The number of aromatic amines is 1. The summed E-state index contributed by atoms with van der Waals surface area (Å²) in [7, 11) is 0. The number of rotatable bonds is 4. The predicted octanol–water partition coefficient (Wildman–Crippen LogP) is 3.31. The average molecular weight is 445 g/mol. The van der Waals surface area contributed by atoms with Crippen LogP contribution in [0.5, 0.6) is 5.75 Å². The third-order valence-electron chi connectivity index (χ3n) is 6.16. The van der Waals surface area contributed by atoms with Gasteiger partial charge in [-0.25, -0.2) is 4.39 Å². The Morgan fingerprint density at radius 2 is 1.87 bits per heavy atom. The third kappa shape index (κ3) is 3.66. The Balaban J connectivity index is 0.00000231. The van der Waals surface area contributed by atoms with E-state index in [4.69, 9.17) is 0 Å². The fourth-order valence-electron chi connectivity index (χ4n) is 4.52. The molecule has 0 aliphatic carbocycles. The first kappa shape index (κ1) is 21.3. The van der Waals surface area contributed by atoms with Gasteiger partial charge in [0, 0.05) is 36.2 Å². The maximum atomic E-state index is 13.4. The number of benzene rings is 2. The van der Waals surface area contributed by atoms with Crippen LogP contribution < -0.4 is 0 Å². The molecular formula is C22H22ClFN4O3. The third-order valence-corrected chi connectivity index (χ3v) is 6.16. The van der Waals surface area contributed by atoms with E-state index in [1.54, 1.807) is 18.2 Å². The van der Waals surface area contributed by atoms with Gasteiger partial charge in [0.2, 0.25) is 0 Å². The fourth-order valence-corrected chi connectivity index (χ4v) is 4.52. The molecule has 3 heterocycles. The van der Waals surface area contributed by atoms with Gasteiger partial charge in [0.15, 0.2) is 0 Å². The van der Waals surface area contributed by atoms with Crippen LogP contribution >= 0.6 is 12.4 Å². The number of likely N-dealkylation sites (tertiary alicyclic amines) is 1. The summed E-state index contributed by atoms with van der Waals surface area (Å²) in [4.78, 5) is 28.5. The van der Waals surface area contributed by atoms with E-state index in [9.17, 15) is 19.1 Å². The van der Waals surface area contributed by atoms with Gasteiger partial charge >= 0.3 is 0 Å². The number of phenolic OH excluding ortho intramolecular Hbond substituents is 1. The van der Waals surface area contributed by atoms with Crippen LogP contribution in [-0.2, 0) is 0 Å². The van der Waals surface area contributed by atoms with E-state index in [-0.39, 0.29) is 41.0 Å². The van der Waals surface area contributed by atoms with Crippen molar-refractivity contribution in [3.63, 3.8) is 0 Å². The summed E-state index contributed by atoms with van der Waals surface area (Å²) in [6.07, 6.45) is 1.83. The van der Waals surface area contributed by atoms with E-state index in [0.717, 1.165) is 37.0 Å². The number of phenols is 1. The molecule has 0 saturated carbocycles. The molecule has 1 aromatic heterocycles. The van der Waals surface area contributed by atoms with Crippen LogP contribution in [0.3, 0.4) is 0 Å². The van der Waals surface area contributed by atoms with Gasteiger partial charge in [-0.2, -0.15) is 5.10 Å². The van der Waals surface area contributed by atoms with E-state index in [1.165, 1.54) is 23.1 Å². The van der Waals surface area contributed by atoms with Crippen molar-refractivity contribution in [1.82, 2.24) is 20.0 Å². The molecular weight excluding hydrogens is 423 g/mol. The second kappa shape index (κ2) is 8.28. The number of hydrogen-bond donors (Lipinski definition) is 2. The lowest BCUT2D eigenvalue weighted by atomic mass is 9.91. The molecule has 2 aliphatic heterocycles. The van der Waals surface area contributed by atoms with Gasteiger partial charge < -0.3 is 10.0 Å². The highest BCUT2D eigenvalue weighted by atomic mass is 35.5. The van der Waals surface area contributed by atoms with E-state index < -0.39 is 5.91 Å². The Morgan fingerprint density at radius 1 is 1.10 bits per heavy atom. The number of piperidine rings is 1. The molecule has 1 fully saturated rings. The Labute approximate surface area is 184 Å². The van der Waals surface area contributed by atoms with Crippen molar-refractivity contribution >= 4 is 35.1 Å². The number of carbonyl (C=O) groups is 2. The molecule has 0 spiro atoms. The first-order chi connectivity index (χ1) is 14.5. The van der Waals surface area contributed by atoms with Gasteiger partial charge in [-0.1, -0.05) is 6.07 Å². The van der Waals surface area contributed by atoms with Crippen LogP contribution in [-0.4, -0.2) is 63.1 Å². The van der Waals surface area contributed by atoms with Crippen molar-refractivity contribution in [1.29, 1.82) is 0 Å². The topological polar surface area (TPSA) is 89.5 Å². The molecule has 0 bridgehead atoms. The zero-order valence-electron chi connectivity index (χ0n) is 16.7. The first-order valence-corrected chi connectivity index (χ1v) is 10.1. The summed E-state index contributed by atoms with van der Waals surface area (Å²) >= 11 is 0. The lowest BCUT2D eigenvalue weighted by molar-refractivity contribution is 0.0629. The Bertz CT molecular complexity index is 1160. The summed E-state index contributed by atoms with van der Waals surface area (Å²) in [6, 6.07) is 9.22. The molecule has 31 heavy (non-hydrogen) atoms. The lowest BCUT2D eigenvalue weighted by Gasteiger charge is -2.32. The second-order valence-corrected chi connectivity index (χ2v) is 7.88. The average Bonchev–Trinajstić information content (AvgIpc) is 3.26. The molecule has 3 aromatic rings. The van der Waals surface area contributed by atoms with E-state index in [2.05, 4.69) is 15.1 Å². The lowest BCUT2D eigenvalue weighted by Crippen LogP contribution is -2.41. The van der Waals surface area contributed by atoms with Crippen molar-refractivity contribution in [3.05, 3.63) is 59.0 Å². The van der Waals surface area contributed by atoms with Crippen LogP contribution in [0.2, 0.25) is 0 Å². The molecule has 2 amide bonds.